The SMILES string of the molecule is CCCCCCCCCCCCCCCC(=O)OCC(COC(=O)CCC(=O)OCOC(=O)CCC(=O)OCC(COC(=O)CCCCCCCCCCCCCCC)OC(=O)CCCCCCCCCCCCCCC)OC(=O)CCCCCCCCCCCCCCC. The van der Waals surface area contributed by atoms with Gasteiger partial charge >= 0.3 is 47.8 Å². The lowest BCUT2D eigenvalue weighted by atomic mass is 10.0. The van der Waals surface area contributed by atoms with Gasteiger partial charge in [-0.15, -0.1) is 0 Å². The first-order chi connectivity index (χ1) is 46.4. The van der Waals surface area contributed by atoms with Crippen LogP contribution in [0.2, 0.25) is 0 Å². The molecule has 0 aromatic carbocycles. The third-order valence-corrected chi connectivity index (χ3v) is 17.8. The van der Waals surface area contributed by atoms with Crippen molar-refractivity contribution in [3.63, 3.8) is 0 Å². The number of carbonyl (C=O) groups is 8. The van der Waals surface area contributed by atoms with Gasteiger partial charge in [-0.3, -0.25) is 38.4 Å². The van der Waals surface area contributed by atoms with Gasteiger partial charge in [-0.2, -0.15) is 0 Å². The summed E-state index contributed by atoms with van der Waals surface area (Å²) in [4.78, 5) is 102. The van der Waals surface area contributed by atoms with E-state index in [-0.39, 0.29) is 65.0 Å². The summed E-state index contributed by atoms with van der Waals surface area (Å²) >= 11 is 0. The zero-order chi connectivity index (χ0) is 69.4. The third kappa shape index (κ3) is 69.5. The Hall–Kier alpha value is -4.24. The molecular weight excluding hydrogens is 1200 g/mol. The second-order valence-electron chi connectivity index (χ2n) is 27.1. The molecule has 0 amide bonds. The van der Waals surface area contributed by atoms with E-state index in [4.69, 9.17) is 37.9 Å². The Balaban J connectivity index is 4.96. The molecule has 16 nitrogen and oxygen atoms in total. The predicted octanol–water partition coefficient (Wildman–Crippen LogP) is 21.5. The summed E-state index contributed by atoms with van der Waals surface area (Å²) in [5.74, 6) is -5.01. The van der Waals surface area contributed by atoms with E-state index in [9.17, 15) is 38.4 Å². The molecule has 0 saturated heterocycles. The van der Waals surface area contributed by atoms with Crippen LogP contribution in [0.25, 0.3) is 0 Å². The normalized spacial score (nSPS) is 11.8. The molecule has 16 heteroatoms. The molecular formula is C79H144O16. The summed E-state index contributed by atoms with van der Waals surface area (Å²) < 4.78 is 43.0. The fourth-order valence-electron chi connectivity index (χ4n) is 11.6. The van der Waals surface area contributed by atoms with Gasteiger partial charge in [0.05, 0.1) is 25.7 Å². The van der Waals surface area contributed by atoms with Crippen LogP contribution in [0.1, 0.15) is 413 Å². The lowest BCUT2D eigenvalue weighted by molar-refractivity contribution is -0.171. The van der Waals surface area contributed by atoms with E-state index in [2.05, 4.69) is 27.7 Å². The number of ether oxygens (including phenoxy) is 8. The number of unbranched alkanes of at least 4 members (excludes halogenated alkanes) is 48. The maximum Gasteiger partial charge on any atom is 0.309 e. The summed E-state index contributed by atoms with van der Waals surface area (Å²) in [6.45, 7) is 6.91. The molecule has 0 saturated carbocycles. The minimum absolute atomic E-state index is 0.188. The van der Waals surface area contributed by atoms with E-state index in [0.717, 1.165) is 77.0 Å². The fraction of sp³-hybridized carbons (Fsp3) is 0.899. The van der Waals surface area contributed by atoms with Crippen LogP contribution in [-0.4, -0.2) is 93.2 Å². The molecule has 95 heavy (non-hydrogen) atoms. The Labute approximate surface area is 579 Å². The third-order valence-electron chi connectivity index (χ3n) is 17.8. The van der Waals surface area contributed by atoms with E-state index in [1.54, 1.807) is 0 Å². The number of rotatable bonds is 74. The van der Waals surface area contributed by atoms with Crippen LogP contribution in [0.15, 0.2) is 0 Å². The minimum Gasteiger partial charge on any atom is -0.462 e. The Morgan fingerprint density at radius 2 is 0.326 bits per heavy atom. The van der Waals surface area contributed by atoms with Gasteiger partial charge < -0.3 is 37.9 Å². The Morgan fingerprint density at radius 1 is 0.179 bits per heavy atom. The van der Waals surface area contributed by atoms with E-state index in [0.29, 0.717) is 25.7 Å². The van der Waals surface area contributed by atoms with Crippen LogP contribution in [0.5, 0.6) is 0 Å². The molecule has 0 aromatic rings. The first-order valence-electron chi connectivity index (χ1n) is 39.8. The van der Waals surface area contributed by atoms with Gasteiger partial charge in [0.25, 0.3) is 0 Å². The van der Waals surface area contributed by atoms with Crippen molar-refractivity contribution in [3.8, 4) is 0 Å². The molecule has 556 valence electrons. The highest BCUT2D eigenvalue weighted by Gasteiger charge is 2.23. The largest absolute Gasteiger partial charge is 0.462 e. The van der Waals surface area contributed by atoms with Gasteiger partial charge in [0, 0.05) is 25.7 Å². The van der Waals surface area contributed by atoms with Crippen molar-refractivity contribution in [2.24, 2.45) is 0 Å². The second kappa shape index (κ2) is 72.5. The van der Waals surface area contributed by atoms with Crippen molar-refractivity contribution in [2.75, 3.05) is 33.2 Å². The van der Waals surface area contributed by atoms with Gasteiger partial charge in [0.1, 0.15) is 26.4 Å². The van der Waals surface area contributed by atoms with Crippen LogP contribution < -0.4 is 0 Å². The number of hydrogen-bond acceptors (Lipinski definition) is 16. The van der Waals surface area contributed by atoms with Crippen LogP contribution >= 0.6 is 0 Å². The van der Waals surface area contributed by atoms with Crippen molar-refractivity contribution < 1.29 is 76.3 Å². The molecule has 0 spiro atoms. The Kier molecular flexibility index (Phi) is 69.3. The molecule has 2 atom stereocenters. The van der Waals surface area contributed by atoms with Gasteiger partial charge in [0.15, 0.2) is 12.2 Å². The van der Waals surface area contributed by atoms with Crippen molar-refractivity contribution in [2.45, 2.75) is 425 Å². The van der Waals surface area contributed by atoms with Crippen LogP contribution in [0, 0.1) is 0 Å². The smallest absolute Gasteiger partial charge is 0.309 e. The molecule has 0 N–H and O–H groups in total. The molecule has 0 fully saturated rings. The molecule has 0 aliphatic carbocycles. The molecule has 0 radical (unpaired) electrons. The maximum absolute atomic E-state index is 12.9. The van der Waals surface area contributed by atoms with Crippen molar-refractivity contribution >= 4 is 47.8 Å². The highest BCUT2D eigenvalue weighted by atomic mass is 16.7. The van der Waals surface area contributed by atoms with Gasteiger partial charge in [-0.25, -0.2) is 0 Å². The second-order valence-corrected chi connectivity index (χ2v) is 27.1. The maximum atomic E-state index is 12.9. The Bertz CT molecular complexity index is 1680. The first kappa shape index (κ1) is 90.8. The van der Waals surface area contributed by atoms with E-state index in [1.165, 1.54) is 231 Å². The summed E-state index contributed by atoms with van der Waals surface area (Å²) in [7, 11) is 0. The van der Waals surface area contributed by atoms with Gasteiger partial charge in [0.2, 0.25) is 6.79 Å². The highest BCUT2D eigenvalue weighted by molar-refractivity contribution is 5.79. The van der Waals surface area contributed by atoms with Crippen molar-refractivity contribution in [1.82, 2.24) is 0 Å². The van der Waals surface area contributed by atoms with Crippen LogP contribution in [0.4, 0.5) is 0 Å². The lowest BCUT2D eigenvalue weighted by Crippen LogP contribution is -2.31. The van der Waals surface area contributed by atoms with Crippen LogP contribution in [-0.2, 0) is 76.3 Å². The Morgan fingerprint density at radius 3 is 0.516 bits per heavy atom. The van der Waals surface area contributed by atoms with E-state index < -0.39 is 79.6 Å². The van der Waals surface area contributed by atoms with Gasteiger partial charge in [-0.05, 0) is 25.7 Å². The predicted molar refractivity (Wildman–Crippen MR) is 380 cm³/mol. The van der Waals surface area contributed by atoms with Crippen molar-refractivity contribution in [1.29, 1.82) is 0 Å². The number of carbonyl (C=O) groups excluding carboxylic acids is 8. The van der Waals surface area contributed by atoms with Crippen LogP contribution in [0.3, 0.4) is 0 Å². The van der Waals surface area contributed by atoms with E-state index >= 15 is 0 Å². The first-order valence-corrected chi connectivity index (χ1v) is 39.8. The van der Waals surface area contributed by atoms with Gasteiger partial charge in [-0.1, -0.05) is 336 Å². The lowest BCUT2D eigenvalue weighted by Gasteiger charge is -2.18. The standard InChI is InChI=1S/C79H144O16/c1-5-9-13-17-21-25-29-33-37-41-45-49-53-57-72(80)88-65-70(94-78(86)59-55-51-47-43-39-35-31-27-23-19-15-11-7-3)67-90-74(82)61-63-76(84)92-69-93-77(85)64-62-75(83)91-68-71(95-79(87)60-56-52-48-44-40-36-32-28-24-20-16-12-8-4)66-89-73(81)58-54-50-46-42-38-34-30-26-22-18-14-10-6-2/h70-71H,5-69H2,1-4H3. The number of esters is 8. The fourth-order valence-corrected chi connectivity index (χ4v) is 11.6. The molecule has 0 bridgehead atoms. The molecule has 0 aliphatic heterocycles. The zero-order valence-electron chi connectivity index (χ0n) is 61.6. The molecule has 0 aromatic heterocycles. The summed E-state index contributed by atoms with van der Waals surface area (Å²) in [5, 5.41) is 0. The average molecular weight is 1350 g/mol. The molecule has 0 aliphatic rings. The monoisotopic (exact) mass is 1350 g/mol. The number of hydrogen-bond donors (Lipinski definition) is 0. The quantitative estimate of drug-likeness (QED) is 0.0240. The van der Waals surface area contributed by atoms with E-state index in [1.807, 2.05) is 0 Å². The zero-order valence-corrected chi connectivity index (χ0v) is 61.6. The molecule has 0 heterocycles. The average Bonchev–Trinajstić information content (AvgIpc) is 2.31. The minimum atomic E-state index is -1.02. The molecule has 0 rings (SSSR count). The topological polar surface area (TPSA) is 210 Å². The summed E-state index contributed by atoms with van der Waals surface area (Å²) in [6.07, 6.45) is 58.7. The summed E-state index contributed by atoms with van der Waals surface area (Å²) in [6, 6.07) is 0. The highest BCUT2D eigenvalue weighted by Crippen LogP contribution is 2.19. The molecule has 2 unspecified atom stereocenters. The van der Waals surface area contributed by atoms with Crippen molar-refractivity contribution in [3.05, 3.63) is 0 Å². The summed E-state index contributed by atoms with van der Waals surface area (Å²) in [5.41, 5.74) is 0.